The third-order valence-corrected chi connectivity index (χ3v) is 4.67. The summed E-state index contributed by atoms with van der Waals surface area (Å²) in [4.78, 5) is 3.89. The molecule has 1 aliphatic rings. The number of hydrogen-bond acceptors (Lipinski definition) is 3. The monoisotopic (exact) mass is 300 g/mol. The molecular weight excluding hydrogens is 283 g/mol. The number of fused-ring (bicyclic) bond motifs is 1. The van der Waals surface area contributed by atoms with Crippen molar-refractivity contribution in [3.63, 3.8) is 0 Å². The maximum Gasteiger partial charge on any atom is 0.138 e. The summed E-state index contributed by atoms with van der Waals surface area (Å²) in [6, 6.07) is 7.37. The smallest absolute Gasteiger partial charge is 0.138 e. The van der Waals surface area contributed by atoms with Crippen LogP contribution in [0, 0.1) is 17.7 Å². The molecular formula is C17H17FN2S. The van der Waals surface area contributed by atoms with Crippen molar-refractivity contribution in [1.82, 2.24) is 4.90 Å². The van der Waals surface area contributed by atoms with E-state index in [4.69, 9.17) is 5.73 Å². The highest BCUT2D eigenvalue weighted by Gasteiger charge is 2.17. The molecule has 2 nitrogen and oxygen atoms in total. The molecule has 0 amide bonds. The Morgan fingerprint density at radius 2 is 2.24 bits per heavy atom. The molecule has 1 aromatic heterocycles. The van der Waals surface area contributed by atoms with Crippen LogP contribution < -0.4 is 5.73 Å². The second kappa shape index (κ2) is 6.40. The maximum absolute atomic E-state index is 13.7. The lowest BCUT2D eigenvalue weighted by atomic mass is 10.1. The van der Waals surface area contributed by atoms with Crippen LogP contribution in [-0.4, -0.2) is 18.0 Å². The van der Waals surface area contributed by atoms with Crippen molar-refractivity contribution in [2.24, 2.45) is 5.73 Å². The molecule has 21 heavy (non-hydrogen) atoms. The van der Waals surface area contributed by atoms with Crippen molar-refractivity contribution in [3.05, 3.63) is 57.0 Å². The minimum atomic E-state index is -0.279. The summed E-state index contributed by atoms with van der Waals surface area (Å²) in [5.41, 5.74) is 8.30. The van der Waals surface area contributed by atoms with Crippen molar-refractivity contribution in [2.75, 3.05) is 13.1 Å². The average molecular weight is 300 g/mol. The van der Waals surface area contributed by atoms with Gasteiger partial charge in [-0.1, -0.05) is 17.9 Å². The summed E-state index contributed by atoms with van der Waals surface area (Å²) >= 11 is 1.84. The molecule has 0 saturated heterocycles. The lowest BCUT2D eigenvalue weighted by Crippen LogP contribution is -2.29. The molecule has 108 valence electrons. The molecule has 4 heteroatoms. The molecule has 1 aliphatic heterocycles. The van der Waals surface area contributed by atoms with Gasteiger partial charge >= 0.3 is 0 Å². The molecule has 2 aromatic rings. The van der Waals surface area contributed by atoms with E-state index in [2.05, 4.69) is 28.2 Å². The van der Waals surface area contributed by atoms with Gasteiger partial charge in [0.25, 0.3) is 0 Å². The fourth-order valence-electron chi connectivity index (χ4n) is 2.61. The van der Waals surface area contributed by atoms with Gasteiger partial charge in [-0.2, -0.15) is 0 Å². The van der Waals surface area contributed by atoms with E-state index in [-0.39, 0.29) is 12.4 Å². The zero-order valence-corrected chi connectivity index (χ0v) is 12.5. The number of thiophene rings is 1. The normalized spacial score (nSPS) is 14.4. The Labute approximate surface area is 128 Å². The molecule has 0 spiro atoms. The van der Waals surface area contributed by atoms with E-state index in [0.29, 0.717) is 5.56 Å². The first kappa shape index (κ1) is 14.3. The van der Waals surface area contributed by atoms with Crippen LogP contribution in [0.2, 0.25) is 0 Å². The van der Waals surface area contributed by atoms with E-state index in [0.717, 1.165) is 31.6 Å². The van der Waals surface area contributed by atoms with Gasteiger partial charge in [0.05, 0.1) is 12.1 Å². The van der Waals surface area contributed by atoms with Crippen molar-refractivity contribution >= 4 is 11.3 Å². The molecule has 0 atom stereocenters. The highest BCUT2D eigenvalue weighted by atomic mass is 32.1. The second-order valence-corrected chi connectivity index (χ2v) is 6.15. The molecule has 1 aromatic carbocycles. The second-order valence-electron chi connectivity index (χ2n) is 5.15. The Balaban J connectivity index is 1.74. The summed E-state index contributed by atoms with van der Waals surface area (Å²) in [7, 11) is 0. The molecule has 0 saturated carbocycles. The van der Waals surface area contributed by atoms with Crippen LogP contribution in [0.3, 0.4) is 0 Å². The van der Waals surface area contributed by atoms with Gasteiger partial charge in [-0.25, -0.2) is 4.39 Å². The molecule has 0 unspecified atom stereocenters. The standard InChI is InChI=1S/C17H17FN2S/c18-16-4-3-13(10-14(16)2-1-7-19)11-20-8-5-17-15(12-20)6-9-21-17/h3-4,6,9-10H,5,7-8,11-12,19H2. The molecule has 2 heterocycles. The Bertz CT molecular complexity index is 696. The van der Waals surface area contributed by atoms with Gasteiger partial charge in [-0.15, -0.1) is 11.3 Å². The lowest BCUT2D eigenvalue weighted by molar-refractivity contribution is 0.247. The highest BCUT2D eigenvalue weighted by Crippen LogP contribution is 2.25. The maximum atomic E-state index is 13.7. The first-order chi connectivity index (χ1) is 10.3. The van der Waals surface area contributed by atoms with Gasteiger partial charge in [-0.05, 0) is 41.1 Å². The Morgan fingerprint density at radius 1 is 1.33 bits per heavy atom. The fourth-order valence-corrected chi connectivity index (χ4v) is 3.50. The van der Waals surface area contributed by atoms with Crippen LogP contribution >= 0.6 is 11.3 Å². The van der Waals surface area contributed by atoms with E-state index < -0.39 is 0 Å². The van der Waals surface area contributed by atoms with Crippen LogP contribution in [0.25, 0.3) is 0 Å². The highest BCUT2D eigenvalue weighted by molar-refractivity contribution is 7.10. The summed E-state index contributed by atoms with van der Waals surface area (Å²) in [5.74, 6) is 5.23. The van der Waals surface area contributed by atoms with E-state index in [1.807, 2.05) is 23.5 Å². The third kappa shape index (κ3) is 3.33. The Hall–Kier alpha value is -1.67. The van der Waals surface area contributed by atoms with Crippen molar-refractivity contribution < 1.29 is 4.39 Å². The van der Waals surface area contributed by atoms with Gasteiger partial charge in [0.1, 0.15) is 5.82 Å². The van der Waals surface area contributed by atoms with Crippen molar-refractivity contribution in [3.8, 4) is 11.8 Å². The fraction of sp³-hybridized carbons (Fsp3) is 0.294. The van der Waals surface area contributed by atoms with Gasteiger partial charge in [0, 0.05) is 24.5 Å². The van der Waals surface area contributed by atoms with Crippen LogP contribution in [0.5, 0.6) is 0 Å². The molecule has 0 fully saturated rings. The number of hydrogen-bond donors (Lipinski definition) is 1. The minimum Gasteiger partial charge on any atom is -0.320 e. The average Bonchev–Trinajstić information content (AvgIpc) is 2.95. The minimum absolute atomic E-state index is 0.247. The van der Waals surface area contributed by atoms with Crippen LogP contribution in [-0.2, 0) is 19.5 Å². The Morgan fingerprint density at radius 3 is 3.10 bits per heavy atom. The Kier molecular flexibility index (Phi) is 4.35. The van der Waals surface area contributed by atoms with Crippen LogP contribution in [0.4, 0.5) is 4.39 Å². The van der Waals surface area contributed by atoms with Gasteiger partial charge in [-0.3, -0.25) is 4.90 Å². The number of benzene rings is 1. The van der Waals surface area contributed by atoms with Crippen molar-refractivity contribution in [2.45, 2.75) is 19.5 Å². The SMILES string of the molecule is NCC#Cc1cc(CN2CCc3sccc3C2)ccc1F. The molecule has 0 radical (unpaired) electrons. The molecule has 3 rings (SSSR count). The number of rotatable bonds is 2. The van der Waals surface area contributed by atoms with Gasteiger partial charge in [0.15, 0.2) is 0 Å². The summed E-state index contributed by atoms with van der Waals surface area (Å²) in [6.45, 7) is 3.10. The molecule has 0 bridgehead atoms. The first-order valence-corrected chi connectivity index (χ1v) is 7.89. The van der Waals surface area contributed by atoms with E-state index in [9.17, 15) is 4.39 Å². The van der Waals surface area contributed by atoms with Crippen LogP contribution in [0.15, 0.2) is 29.6 Å². The first-order valence-electron chi connectivity index (χ1n) is 7.01. The molecule has 2 N–H and O–H groups in total. The number of nitrogens with two attached hydrogens (primary N) is 1. The lowest BCUT2D eigenvalue weighted by Gasteiger charge is -2.26. The third-order valence-electron chi connectivity index (χ3n) is 3.65. The predicted molar refractivity (Wildman–Crippen MR) is 84.5 cm³/mol. The zero-order valence-electron chi connectivity index (χ0n) is 11.7. The van der Waals surface area contributed by atoms with E-state index >= 15 is 0 Å². The van der Waals surface area contributed by atoms with Gasteiger partial charge in [0.2, 0.25) is 0 Å². The van der Waals surface area contributed by atoms with E-state index in [1.54, 1.807) is 0 Å². The van der Waals surface area contributed by atoms with Crippen LogP contribution in [0.1, 0.15) is 21.6 Å². The number of nitrogens with zero attached hydrogens (tertiary/aromatic N) is 1. The topological polar surface area (TPSA) is 29.3 Å². The largest absolute Gasteiger partial charge is 0.320 e. The molecule has 0 aliphatic carbocycles. The zero-order chi connectivity index (χ0) is 14.7. The summed E-state index contributed by atoms with van der Waals surface area (Å²) < 4.78 is 13.7. The summed E-state index contributed by atoms with van der Waals surface area (Å²) in [5, 5.41) is 2.16. The van der Waals surface area contributed by atoms with E-state index in [1.165, 1.54) is 16.5 Å². The quantitative estimate of drug-likeness (QED) is 0.864. The summed E-state index contributed by atoms with van der Waals surface area (Å²) in [6.07, 6.45) is 1.11. The predicted octanol–water partition coefficient (Wildman–Crippen LogP) is 2.76. The number of halogens is 1. The van der Waals surface area contributed by atoms with Crippen molar-refractivity contribution in [1.29, 1.82) is 0 Å². The van der Waals surface area contributed by atoms with Gasteiger partial charge < -0.3 is 5.73 Å².